The van der Waals surface area contributed by atoms with Crippen LogP contribution in [-0.4, -0.2) is 51.7 Å². The Labute approximate surface area is 182 Å². The van der Waals surface area contributed by atoms with Gasteiger partial charge in [0.05, 0.1) is 17.8 Å². The Morgan fingerprint density at radius 1 is 0.933 bits per heavy atom. The Bertz CT molecular complexity index is 1020. The molecule has 156 valence electrons. The number of halogens is 1. The number of aryl methyl sites for hydroxylation is 2. The van der Waals surface area contributed by atoms with E-state index in [0.29, 0.717) is 36.0 Å². The standard InChI is InChI=1S/C24H27ClN4O/c1-18-8-6-7-11-21(18)17-27-12-14-28(15-13-27)24(30)22-19(2)26-29(23(22)25)16-20-9-4-3-5-10-20/h3-11H,12-17H2,1-2H3. The third kappa shape index (κ3) is 4.42. The molecule has 2 heterocycles. The summed E-state index contributed by atoms with van der Waals surface area (Å²) >= 11 is 6.59. The maximum atomic E-state index is 13.2. The predicted octanol–water partition coefficient (Wildman–Crippen LogP) is 4.16. The fourth-order valence-corrected chi connectivity index (χ4v) is 4.27. The third-order valence-electron chi connectivity index (χ3n) is 5.77. The van der Waals surface area contributed by atoms with Crippen molar-refractivity contribution in [2.75, 3.05) is 26.2 Å². The molecule has 0 saturated carbocycles. The highest BCUT2D eigenvalue weighted by Gasteiger charge is 2.28. The zero-order valence-electron chi connectivity index (χ0n) is 17.5. The smallest absolute Gasteiger partial charge is 0.258 e. The van der Waals surface area contributed by atoms with Gasteiger partial charge in [-0.2, -0.15) is 5.10 Å². The molecular weight excluding hydrogens is 396 g/mol. The highest BCUT2D eigenvalue weighted by atomic mass is 35.5. The number of aromatic nitrogens is 2. The van der Waals surface area contributed by atoms with E-state index in [1.54, 1.807) is 4.68 Å². The monoisotopic (exact) mass is 422 g/mol. The van der Waals surface area contributed by atoms with Crippen LogP contribution in [0.3, 0.4) is 0 Å². The Hall–Kier alpha value is -2.63. The van der Waals surface area contributed by atoms with Gasteiger partial charge in [0.2, 0.25) is 0 Å². The summed E-state index contributed by atoms with van der Waals surface area (Å²) in [6.45, 7) is 8.59. The van der Waals surface area contributed by atoms with Crippen molar-refractivity contribution < 1.29 is 4.79 Å². The van der Waals surface area contributed by atoms with Gasteiger partial charge in [0.25, 0.3) is 5.91 Å². The number of hydrogen-bond donors (Lipinski definition) is 0. The van der Waals surface area contributed by atoms with Crippen LogP contribution in [0.15, 0.2) is 54.6 Å². The second-order valence-electron chi connectivity index (χ2n) is 7.89. The van der Waals surface area contributed by atoms with Gasteiger partial charge in [-0.15, -0.1) is 0 Å². The van der Waals surface area contributed by atoms with Crippen LogP contribution >= 0.6 is 11.6 Å². The van der Waals surface area contributed by atoms with Gasteiger partial charge in [-0.05, 0) is 30.5 Å². The molecule has 1 amide bonds. The molecule has 0 atom stereocenters. The molecule has 1 aliphatic rings. The van der Waals surface area contributed by atoms with Crippen molar-refractivity contribution in [1.82, 2.24) is 19.6 Å². The van der Waals surface area contributed by atoms with Crippen LogP contribution < -0.4 is 0 Å². The molecule has 1 saturated heterocycles. The van der Waals surface area contributed by atoms with Crippen LogP contribution in [-0.2, 0) is 13.1 Å². The number of amides is 1. The molecule has 0 bridgehead atoms. The number of hydrogen-bond acceptors (Lipinski definition) is 3. The van der Waals surface area contributed by atoms with Crippen molar-refractivity contribution >= 4 is 17.5 Å². The van der Waals surface area contributed by atoms with E-state index in [1.807, 2.05) is 42.2 Å². The Balaban J connectivity index is 1.41. The first-order chi connectivity index (χ1) is 14.5. The lowest BCUT2D eigenvalue weighted by atomic mass is 10.1. The van der Waals surface area contributed by atoms with E-state index in [9.17, 15) is 4.79 Å². The highest BCUT2D eigenvalue weighted by molar-refractivity contribution is 6.33. The molecule has 0 spiro atoms. The molecule has 0 unspecified atom stereocenters. The Morgan fingerprint density at radius 3 is 2.30 bits per heavy atom. The van der Waals surface area contributed by atoms with E-state index >= 15 is 0 Å². The molecule has 1 fully saturated rings. The van der Waals surface area contributed by atoms with Gasteiger partial charge in [-0.3, -0.25) is 9.69 Å². The predicted molar refractivity (Wildman–Crippen MR) is 120 cm³/mol. The minimum absolute atomic E-state index is 0.0210. The molecule has 1 aliphatic heterocycles. The summed E-state index contributed by atoms with van der Waals surface area (Å²) < 4.78 is 1.72. The number of carbonyl (C=O) groups is 1. The van der Waals surface area contributed by atoms with E-state index in [4.69, 9.17) is 11.6 Å². The average molecular weight is 423 g/mol. The lowest BCUT2D eigenvalue weighted by Crippen LogP contribution is -2.48. The van der Waals surface area contributed by atoms with Crippen molar-refractivity contribution in [3.8, 4) is 0 Å². The van der Waals surface area contributed by atoms with Crippen LogP contribution in [0.2, 0.25) is 5.15 Å². The second-order valence-corrected chi connectivity index (χ2v) is 8.25. The lowest BCUT2D eigenvalue weighted by molar-refractivity contribution is 0.0627. The maximum absolute atomic E-state index is 13.2. The number of benzene rings is 2. The quantitative estimate of drug-likeness (QED) is 0.620. The molecular formula is C24H27ClN4O. The Morgan fingerprint density at radius 2 is 1.60 bits per heavy atom. The number of piperazine rings is 1. The third-order valence-corrected chi connectivity index (χ3v) is 6.15. The van der Waals surface area contributed by atoms with E-state index < -0.39 is 0 Å². The van der Waals surface area contributed by atoms with Gasteiger partial charge >= 0.3 is 0 Å². The molecule has 1 aromatic heterocycles. The zero-order valence-corrected chi connectivity index (χ0v) is 18.3. The summed E-state index contributed by atoms with van der Waals surface area (Å²) in [5.41, 5.74) is 4.97. The van der Waals surface area contributed by atoms with Crippen molar-refractivity contribution in [3.05, 3.63) is 87.7 Å². The summed E-state index contributed by atoms with van der Waals surface area (Å²) in [5, 5.41) is 4.95. The second kappa shape index (κ2) is 9.02. The largest absolute Gasteiger partial charge is 0.336 e. The SMILES string of the molecule is Cc1ccccc1CN1CCN(C(=O)c2c(C)nn(Cc3ccccc3)c2Cl)CC1. The molecule has 5 nitrogen and oxygen atoms in total. The van der Waals surface area contributed by atoms with Crippen molar-refractivity contribution in [2.24, 2.45) is 0 Å². The van der Waals surface area contributed by atoms with E-state index in [-0.39, 0.29) is 5.91 Å². The summed E-state index contributed by atoms with van der Waals surface area (Å²) in [7, 11) is 0. The first-order valence-electron chi connectivity index (χ1n) is 10.4. The molecule has 2 aromatic carbocycles. The summed E-state index contributed by atoms with van der Waals surface area (Å²) in [5.74, 6) is -0.0210. The minimum atomic E-state index is -0.0210. The van der Waals surface area contributed by atoms with Crippen molar-refractivity contribution in [1.29, 1.82) is 0 Å². The summed E-state index contributed by atoms with van der Waals surface area (Å²) in [6, 6.07) is 18.5. The van der Waals surface area contributed by atoms with Crippen molar-refractivity contribution in [2.45, 2.75) is 26.9 Å². The van der Waals surface area contributed by atoms with Gasteiger partial charge in [-0.1, -0.05) is 66.2 Å². The topological polar surface area (TPSA) is 41.4 Å². The fraction of sp³-hybridized carbons (Fsp3) is 0.333. The number of nitrogens with zero attached hydrogens (tertiary/aromatic N) is 4. The highest BCUT2D eigenvalue weighted by Crippen LogP contribution is 2.23. The summed E-state index contributed by atoms with van der Waals surface area (Å²) in [6.07, 6.45) is 0. The molecule has 0 aliphatic carbocycles. The van der Waals surface area contributed by atoms with Crippen LogP contribution in [0.4, 0.5) is 0 Å². The van der Waals surface area contributed by atoms with Crippen LogP contribution in [0.25, 0.3) is 0 Å². The molecule has 6 heteroatoms. The lowest BCUT2D eigenvalue weighted by Gasteiger charge is -2.35. The molecule has 4 rings (SSSR count). The van der Waals surface area contributed by atoms with Crippen LogP contribution in [0.1, 0.15) is 32.7 Å². The zero-order chi connectivity index (χ0) is 21.1. The minimum Gasteiger partial charge on any atom is -0.336 e. The van der Waals surface area contributed by atoms with Gasteiger partial charge in [0.15, 0.2) is 0 Å². The van der Waals surface area contributed by atoms with Gasteiger partial charge in [-0.25, -0.2) is 4.68 Å². The van der Waals surface area contributed by atoms with Gasteiger partial charge in [0, 0.05) is 32.7 Å². The van der Waals surface area contributed by atoms with E-state index in [2.05, 4.69) is 41.2 Å². The average Bonchev–Trinajstić information content (AvgIpc) is 3.03. The van der Waals surface area contributed by atoms with E-state index in [0.717, 1.165) is 25.2 Å². The number of rotatable bonds is 5. The summed E-state index contributed by atoms with van der Waals surface area (Å²) in [4.78, 5) is 17.5. The van der Waals surface area contributed by atoms with Gasteiger partial charge < -0.3 is 4.90 Å². The number of carbonyl (C=O) groups excluding carboxylic acids is 1. The van der Waals surface area contributed by atoms with Crippen LogP contribution in [0.5, 0.6) is 0 Å². The first kappa shape index (κ1) is 20.6. The van der Waals surface area contributed by atoms with Crippen LogP contribution in [0, 0.1) is 13.8 Å². The van der Waals surface area contributed by atoms with Gasteiger partial charge in [0.1, 0.15) is 5.15 Å². The molecule has 0 radical (unpaired) electrons. The first-order valence-corrected chi connectivity index (χ1v) is 10.7. The van der Waals surface area contributed by atoms with Crippen molar-refractivity contribution in [3.63, 3.8) is 0 Å². The van der Waals surface area contributed by atoms with E-state index in [1.165, 1.54) is 11.1 Å². The normalized spacial score (nSPS) is 14.8. The molecule has 3 aromatic rings. The maximum Gasteiger partial charge on any atom is 0.258 e. The molecule has 0 N–H and O–H groups in total. The fourth-order valence-electron chi connectivity index (χ4n) is 3.95. The molecule has 30 heavy (non-hydrogen) atoms. The Kier molecular flexibility index (Phi) is 6.21.